The molecule has 0 aromatic carbocycles. The Balaban J connectivity index is 1.61. The van der Waals surface area contributed by atoms with Crippen LogP contribution < -0.4 is 4.74 Å². The summed E-state index contributed by atoms with van der Waals surface area (Å²) < 4.78 is 88.7. The van der Waals surface area contributed by atoms with E-state index in [-0.39, 0.29) is 32.6 Å². The van der Waals surface area contributed by atoms with E-state index in [0.29, 0.717) is 24.3 Å². The number of nitriles is 1. The van der Waals surface area contributed by atoms with Crippen molar-refractivity contribution in [2.24, 2.45) is 7.05 Å². The number of amides is 1. The molecular formula is C22H18ClF6N5O3S. The number of aryl methyl sites for hydroxylation is 1. The highest BCUT2D eigenvalue weighted by molar-refractivity contribution is 7.19. The van der Waals surface area contributed by atoms with Crippen molar-refractivity contribution in [1.29, 1.82) is 5.26 Å². The number of nitrogens with zero attached hydrogens (tertiary/aromatic N) is 5. The Bertz CT molecular complexity index is 1420. The summed E-state index contributed by atoms with van der Waals surface area (Å²) in [5.41, 5.74) is -0.743. The van der Waals surface area contributed by atoms with Gasteiger partial charge in [-0.1, -0.05) is 16.8 Å². The van der Waals surface area contributed by atoms with E-state index in [0.717, 1.165) is 16.0 Å². The van der Waals surface area contributed by atoms with Gasteiger partial charge in [0.25, 0.3) is 12.1 Å². The molecule has 1 saturated carbocycles. The fourth-order valence-electron chi connectivity index (χ4n) is 3.92. The van der Waals surface area contributed by atoms with Crippen LogP contribution in [0.5, 0.6) is 5.88 Å². The van der Waals surface area contributed by atoms with Crippen LogP contribution in [0.15, 0.2) is 16.7 Å². The molecule has 8 nitrogen and oxygen atoms in total. The molecule has 0 bridgehead atoms. The van der Waals surface area contributed by atoms with Gasteiger partial charge in [-0.3, -0.25) is 9.48 Å². The van der Waals surface area contributed by atoms with E-state index in [1.807, 2.05) is 0 Å². The highest BCUT2D eigenvalue weighted by atomic mass is 35.5. The predicted molar refractivity (Wildman–Crippen MR) is 123 cm³/mol. The maximum atomic E-state index is 13.8. The number of halogens is 7. The van der Waals surface area contributed by atoms with Crippen LogP contribution in [-0.2, 0) is 7.05 Å². The largest absolute Gasteiger partial charge is 0.440 e. The van der Waals surface area contributed by atoms with Crippen molar-refractivity contribution in [1.82, 2.24) is 19.8 Å². The van der Waals surface area contributed by atoms with Gasteiger partial charge in [0.1, 0.15) is 15.6 Å². The first-order valence-electron chi connectivity index (χ1n) is 11.0. The Labute approximate surface area is 220 Å². The molecule has 0 spiro atoms. The third-order valence-corrected chi connectivity index (χ3v) is 7.35. The average Bonchev–Trinajstić information content (AvgIpc) is 3.15. The number of hydrogen-bond acceptors (Lipinski definition) is 7. The maximum absolute atomic E-state index is 13.8. The summed E-state index contributed by atoms with van der Waals surface area (Å²) in [4.78, 5) is 14.9. The lowest BCUT2D eigenvalue weighted by Crippen LogP contribution is -2.45. The van der Waals surface area contributed by atoms with Crippen molar-refractivity contribution in [2.75, 3.05) is 6.54 Å². The molecule has 0 aliphatic heterocycles. The van der Waals surface area contributed by atoms with Gasteiger partial charge in [-0.2, -0.15) is 27.2 Å². The molecule has 0 saturated heterocycles. The van der Waals surface area contributed by atoms with Crippen LogP contribution in [0, 0.1) is 18.3 Å². The summed E-state index contributed by atoms with van der Waals surface area (Å²) in [7, 11) is 1.29. The van der Waals surface area contributed by atoms with Crippen LogP contribution in [-0.4, -0.2) is 56.3 Å². The van der Waals surface area contributed by atoms with Gasteiger partial charge in [-0.15, -0.1) is 16.4 Å². The van der Waals surface area contributed by atoms with Gasteiger partial charge in [-0.05, 0) is 32.8 Å². The molecule has 1 amide bonds. The van der Waals surface area contributed by atoms with E-state index < -0.39 is 35.8 Å². The van der Waals surface area contributed by atoms with Crippen molar-refractivity contribution in [3.63, 3.8) is 0 Å². The van der Waals surface area contributed by atoms with E-state index in [1.165, 1.54) is 31.0 Å². The van der Waals surface area contributed by atoms with Crippen molar-refractivity contribution >= 4 is 28.8 Å². The first-order chi connectivity index (χ1) is 17.6. The van der Waals surface area contributed by atoms with Crippen LogP contribution in [0.25, 0.3) is 22.0 Å². The minimum absolute atomic E-state index is 0.0484. The summed E-state index contributed by atoms with van der Waals surface area (Å²) in [5.74, 6) is -1.21. The molecule has 1 fully saturated rings. The Morgan fingerprint density at radius 2 is 2.03 bits per heavy atom. The Morgan fingerprint density at radius 3 is 2.58 bits per heavy atom. The number of hydrogen-bond donors (Lipinski definition) is 0. The molecule has 1 aliphatic rings. The summed E-state index contributed by atoms with van der Waals surface area (Å²) in [6.07, 6.45) is -14.5. The normalized spacial score (nSPS) is 15.7. The van der Waals surface area contributed by atoms with Crippen LogP contribution >= 0.6 is 22.9 Å². The summed E-state index contributed by atoms with van der Waals surface area (Å²) >= 11 is 7.32. The van der Waals surface area contributed by atoms with Crippen molar-refractivity contribution in [2.45, 2.75) is 50.7 Å². The zero-order chi connectivity index (χ0) is 28.2. The Hall–Kier alpha value is -3.25. The van der Waals surface area contributed by atoms with Gasteiger partial charge in [-0.25, -0.2) is 4.39 Å². The Morgan fingerprint density at radius 1 is 1.37 bits per heavy atom. The lowest BCUT2D eigenvalue weighted by Gasteiger charge is -2.25. The lowest BCUT2D eigenvalue weighted by atomic mass is 10.1. The van der Waals surface area contributed by atoms with E-state index in [1.54, 1.807) is 6.92 Å². The molecule has 4 rings (SSSR count). The molecule has 204 valence electrons. The quantitative estimate of drug-likeness (QED) is 0.296. The monoisotopic (exact) mass is 581 g/mol. The second-order valence-corrected chi connectivity index (χ2v) is 10.2. The SMILES string of the molecule is CCN(C(=O)c1cc(-c2cc(-c3c(C)c(OC(F)(F)C(F)C(F)(F)F)nn3C)no2)sc1Cl)C1(C#N)CC1. The number of aromatic nitrogens is 3. The number of carbonyl (C=O) groups is 1. The maximum Gasteiger partial charge on any atom is 0.440 e. The van der Waals surface area contributed by atoms with Gasteiger partial charge in [0.15, 0.2) is 5.76 Å². The molecule has 3 aromatic rings. The molecule has 1 atom stereocenters. The molecule has 3 heterocycles. The molecule has 16 heteroatoms. The van der Waals surface area contributed by atoms with Crippen LogP contribution in [0.3, 0.4) is 0 Å². The summed E-state index contributed by atoms with van der Waals surface area (Å²) in [6, 6.07) is 5.02. The highest BCUT2D eigenvalue weighted by Gasteiger charge is 2.60. The predicted octanol–water partition coefficient (Wildman–Crippen LogP) is 6.16. The van der Waals surface area contributed by atoms with E-state index >= 15 is 0 Å². The van der Waals surface area contributed by atoms with Gasteiger partial charge in [0.2, 0.25) is 5.88 Å². The molecule has 1 unspecified atom stereocenters. The number of ether oxygens (including phenoxy) is 1. The average molecular weight is 582 g/mol. The molecule has 0 N–H and O–H groups in total. The van der Waals surface area contributed by atoms with E-state index in [4.69, 9.17) is 16.1 Å². The zero-order valence-corrected chi connectivity index (χ0v) is 21.4. The number of thiophene rings is 1. The van der Waals surface area contributed by atoms with Crippen LogP contribution in [0.4, 0.5) is 26.3 Å². The van der Waals surface area contributed by atoms with Crippen molar-refractivity contribution in [3.8, 4) is 34.0 Å². The second kappa shape index (κ2) is 9.49. The van der Waals surface area contributed by atoms with Crippen molar-refractivity contribution in [3.05, 3.63) is 27.6 Å². The minimum atomic E-state index is -5.85. The fraction of sp³-hybridized carbons (Fsp3) is 0.455. The van der Waals surface area contributed by atoms with Gasteiger partial charge in [0.05, 0.1) is 22.2 Å². The Kier molecular flexibility index (Phi) is 6.94. The summed E-state index contributed by atoms with van der Waals surface area (Å²) in [6.45, 7) is 3.28. The third-order valence-electron chi connectivity index (χ3n) is 5.98. The summed E-state index contributed by atoms with van der Waals surface area (Å²) in [5, 5.41) is 17.0. The first kappa shape index (κ1) is 27.8. The van der Waals surface area contributed by atoms with Gasteiger partial charge in [0, 0.05) is 25.2 Å². The number of rotatable bonds is 8. The smallest absolute Gasteiger partial charge is 0.410 e. The van der Waals surface area contributed by atoms with Crippen molar-refractivity contribution < 1.29 is 40.4 Å². The number of alkyl halides is 6. The lowest BCUT2D eigenvalue weighted by molar-refractivity contribution is -0.305. The number of carbonyl (C=O) groups excluding carboxylic acids is 1. The van der Waals surface area contributed by atoms with Gasteiger partial charge < -0.3 is 14.2 Å². The molecule has 38 heavy (non-hydrogen) atoms. The standard InChI is InChI=1S/C22H18ClF6N5O3S/c1-4-34(20(9-30)5-6-20)18(35)11-7-14(38-16(11)23)13-8-12(32-37-13)15-10(2)17(31-33(15)3)36-22(28,29)19(24)21(25,26)27/h7-8,19H,4-6H2,1-3H3. The molecular weight excluding hydrogens is 564 g/mol. The van der Waals surface area contributed by atoms with Crippen LogP contribution in [0.2, 0.25) is 4.34 Å². The molecule has 0 radical (unpaired) electrons. The second-order valence-electron chi connectivity index (χ2n) is 8.54. The fourth-order valence-corrected chi connectivity index (χ4v) is 5.12. The van der Waals surface area contributed by atoms with Crippen LogP contribution in [0.1, 0.15) is 35.7 Å². The first-order valence-corrected chi connectivity index (χ1v) is 12.2. The minimum Gasteiger partial charge on any atom is -0.410 e. The van der Waals surface area contributed by atoms with Gasteiger partial charge >= 0.3 is 12.3 Å². The highest BCUT2D eigenvalue weighted by Crippen LogP contribution is 2.44. The molecule has 3 aromatic heterocycles. The van der Waals surface area contributed by atoms with E-state index in [9.17, 15) is 36.4 Å². The molecule has 1 aliphatic carbocycles. The van der Waals surface area contributed by atoms with E-state index in [2.05, 4.69) is 21.1 Å². The topological polar surface area (TPSA) is 97.2 Å². The third kappa shape index (κ3) is 4.82. The zero-order valence-electron chi connectivity index (χ0n) is 19.9.